The van der Waals surface area contributed by atoms with Crippen LogP contribution in [0.2, 0.25) is 0 Å². The Kier molecular flexibility index (Phi) is 40.0. The predicted octanol–water partition coefficient (Wildman–Crippen LogP) is 12.0. The van der Waals surface area contributed by atoms with Crippen LogP contribution in [0.4, 0.5) is 0 Å². The van der Waals surface area contributed by atoms with Gasteiger partial charge in [0, 0.05) is 0 Å². The SMILES string of the molecule is CCCCCCCCC/C=C/CC/C=C/CCCC(O)C(O)C(CO)NC(=O)C(O)CCCCCCCCCCCCCCCCCCCCCC. The fourth-order valence-corrected chi connectivity index (χ4v) is 7.01. The summed E-state index contributed by atoms with van der Waals surface area (Å²) in [5.74, 6) is -0.595. The molecule has 0 aromatic rings. The van der Waals surface area contributed by atoms with Crippen molar-refractivity contribution < 1.29 is 25.2 Å². The van der Waals surface area contributed by atoms with E-state index >= 15 is 0 Å². The number of rotatable bonds is 41. The summed E-state index contributed by atoms with van der Waals surface area (Å²) in [7, 11) is 0. The number of aliphatic hydroxyl groups is 4. The van der Waals surface area contributed by atoms with Gasteiger partial charge in [-0.05, 0) is 51.4 Å². The molecule has 0 aliphatic heterocycles. The molecule has 0 aliphatic carbocycles. The number of nitrogens with one attached hydrogen (secondary N) is 1. The van der Waals surface area contributed by atoms with Crippen LogP contribution in [0.5, 0.6) is 0 Å². The maximum Gasteiger partial charge on any atom is 0.249 e. The van der Waals surface area contributed by atoms with Gasteiger partial charge >= 0.3 is 0 Å². The Hall–Kier alpha value is -1.21. The van der Waals surface area contributed by atoms with Crippen LogP contribution in [-0.4, -0.2) is 57.3 Å². The molecule has 6 heteroatoms. The second kappa shape index (κ2) is 41.0. The van der Waals surface area contributed by atoms with Crippen LogP contribution in [-0.2, 0) is 4.79 Å². The Morgan fingerprint density at radius 2 is 0.808 bits per heavy atom. The Morgan fingerprint density at radius 1 is 0.462 bits per heavy atom. The van der Waals surface area contributed by atoms with Crippen molar-refractivity contribution in [1.29, 1.82) is 0 Å². The van der Waals surface area contributed by atoms with Gasteiger partial charge in [-0.1, -0.05) is 205 Å². The van der Waals surface area contributed by atoms with Crippen molar-refractivity contribution in [1.82, 2.24) is 5.32 Å². The molecular formula is C46H89NO5. The van der Waals surface area contributed by atoms with E-state index in [0.717, 1.165) is 38.5 Å². The molecule has 4 unspecified atom stereocenters. The Labute approximate surface area is 323 Å². The Balaban J connectivity index is 3.75. The fraction of sp³-hybridized carbons (Fsp3) is 0.891. The lowest BCUT2D eigenvalue weighted by molar-refractivity contribution is -0.132. The largest absolute Gasteiger partial charge is 0.394 e. The quantitative estimate of drug-likeness (QED) is 0.0317. The van der Waals surface area contributed by atoms with E-state index in [-0.39, 0.29) is 0 Å². The predicted molar refractivity (Wildman–Crippen MR) is 224 cm³/mol. The second-order valence-corrected chi connectivity index (χ2v) is 15.7. The molecule has 0 heterocycles. The van der Waals surface area contributed by atoms with Gasteiger partial charge in [-0.3, -0.25) is 4.79 Å². The standard InChI is InChI=1S/C46H89NO5/c1-3-5-7-9-11-13-15-17-19-21-22-23-24-26-28-30-32-34-36-38-40-44(50)46(52)47-42(41-48)45(51)43(49)39-37-35-33-31-29-27-25-20-18-16-14-12-10-8-6-4-2/h20,25,31,33,42-45,48-51H,3-19,21-24,26-30,32,34-41H2,1-2H3,(H,47,52)/b25-20+,33-31+. The van der Waals surface area contributed by atoms with Gasteiger partial charge in [-0.2, -0.15) is 0 Å². The summed E-state index contributed by atoms with van der Waals surface area (Å²) in [5.41, 5.74) is 0. The van der Waals surface area contributed by atoms with Gasteiger partial charge in [-0.15, -0.1) is 0 Å². The van der Waals surface area contributed by atoms with Gasteiger partial charge in [0.05, 0.1) is 18.8 Å². The highest BCUT2D eigenvalue weighted by atomic mass is 16.3. The molecule has 4 atom stereocenters. The Morgan fingerprint density at radius 3 is 1.21 bits per heavy atom. The van der Waals surface area contributed by atoms with Crippen LogP contribution in [0, 0.1) is 0 Å². The highest BCUT2D eigenvalue weighted by Crippen LogP contribution is 2.16. The third-order valence-corrected chi connectivity index (χ3v) is 10.6. The van der Waals surface area contributed by atoms with Crippen molar-refractivity contribution in [2.75, 3.05) is 6.61 Å². The van der Waals surface area contributed by atoms with E-state index in [2.05, 4.69) is 43.5 Å². The summed E-state index contributed by atoms with van der Waals surface area (Å²) >= 11 is 0. The third-order valence-electron chi connectivity index (χ3n) is 10.6. The van der Waals surface area contributed by atoms with Gasteiger partial charge in [0.15, 0.2) is 0 Å². The van der Waals surface area contributed by atoms with Crippen molar-refractivity contribution in [2.45, 2.75) is 257 Å². The molecule has 0 rings (SSSR count). The van der Waals surface area contributed by atoms with E-state index < -0.39 is 36.9 Å². The summed E-state index contributed by atoms with van der Waals surface area (Å²) in [6, 6.07) is -1.00. The number of carbonyl (C=O) groups excluding carboxylic acids is 1. The first-order valence-electron chi connectivity index (χ1n) is 22.7. The lowest BCUT2D eigenvalue weighted by Crippen LogP contribution is -2.53. The maximum absolute atomic E-state index is 12.5. The smallest absolute Gasteiger partial charge is 0.249 e. The number of hydrogen-bond donors (Lipinski definition) is 5. The first-order chi connectivity index (χ1) is 25.5. The number of hydrogen-bond acceptors (Lipinski definition) is 5. The molecule has 5 N–H and O–H groups in total. The van der Waals surface area contributed by atoms with Crippen molar-refractivity contribution in [2.24, 2.45) is 0 Å². The van der Waals surface area contributed by atoms with Crippen molar-refractivity contribution in [3.8, 4) is 0 Å². The third kappa shape index (κ3) is 34.6. The normalized spacial score (nSPS) is 14.3. The maximum atomic E-state index is 12.5. The monoisotopic (exact) mass is 736 g/mol. The van der Waals surface area contributed by atoms with Crippen LogP contribution in [0.3, 0.4) is 0 Å². The number of unbranched alkanes of at least 4 members (excludes halogenated alkanes) is 28. The lowest BCUT2D eigenvalue weighted by atomic mass is 10.00. The molecule has 0 saturated carbocycles. The molecular weight excluding hydrogens is 647 g/mol. The van der Waals surface area contributed by atoms with Gasteiger partial charge in [0.25, 0.3) is 0 Å². The number of carbonyl (C=O) groups is 1. The minimum absolute atomic E-state index is 0.364. The van der Waals surface area contributed by atoms with Crippen LogP contribution in [0.15, 0.2) is 24.3 Å². The molecule has 52 heavy (non-hydrogen) atoms. The van der Waals surface area contributed by atoms with E-state index in [9.17, 15) is 25.2 Å². The number of allylic oxidation sites excluding steroid dienone is 4. The van der Waals surface area contributed by atoms with E-state index in [1.165, 1.54) is 161 Å². The Bertz CT molecular complexity index is 787. The molecule has 6 nitrogen and oxygen atoms in total. The number of aliphatic hydroxyl groups excluding tert-OH is 4. The second-order valence-electron chi connectivity index (χ2n) is 15.7. The summed E-state index contributed by atoms with van der Waals surface area (Å²) in [6.45, 7) is 4.04. The minimum Gasteiger partial charge on any atom is -0.394 e. The van der Waals surface area contributed by atoms with E-state index in [0.29, 0.717) is 19.3 Å². The van der Waals surface area contributed by atoms with Crippen molar-refractivity contribution in [3.05, 3.63) is 24.3 Å². The van der Waals surface area contributed by atoms with Crippen LogP contribution >= 0.6 is 0 Å². The van der Waals surface area contributed by atoms with E-state index in [4.69, 9.17) is 0 Å². The molecule has 0 aromatic carbocycles. The van der Waals surface area contributed by atoms with Gasteiger partial charge in [0.2, 0.25) is 5.91 Å². The number of amides is 1. The molecule has 0 saturated heterocycles. The summed E-state index contributed by atoms with van der Waals surface area (Å²) < 4.78 is 0. The van der Waals surface area contributed by atoms with Gasteiger partial charge in [0.1, 0.15) is 12.2 Å². The van der Waals surface area contributed by atoms with E-state index in [1.807, 2.05) is 0 Å². The molecule has 0 aromatic heterocycles. The van der Waals surface area contributed by atoms with Crippen LogP contribution in [0.25, 0.3) is 0 Å². The summed E-state index contributed by atoms with van der Waals surface area (Å²) in [4.78, 5) is 12.5. The van der Waals surface area contributed by atoms with Gasteiger partial charge < -0.3 is 25.7 Å². The van der Waals surface area contributed by atoms with Crippen molar-refractivity contribution >= 4 is 5.91 Å². The molecule has 0 spiro atoms. The minimum atomic E-state index is -1.29. The molecule has 0 fully saturated rings. The fourth-order valence-electron chi connectivity index (χ4n) is 7.01. The first-order valence-corrected chi connectivity index (χ1v) is 22.7. The topological polar surface area (TPSA) is 110 Å². The average molecular weight is 736 g/mol. The van der Waals surface area contributed by atoms with Gasteiger partial charge in [-0.25, -0.2) is 0 Å². The highest BCUT2D eigenvalue weighted by molar-refractivity contribution is 5.80. The molecule has 0 bridgehead atoms. The van der Waals surface area contributed by atoms with Crippen molar-refractivity contribution in [3.63, 3.8) is 0 Å². The van der Waals surface area contributed by atoms with E-state index in [1.54, 1.807) is 0 Å². The summed E-state index contributed by atoms with van der Waals surface area (Å²) in [5, 5.41) is 43.7. The molecule has 1 amide bonds. The molecule has 0 aliphatic rings. The summed E-state index contributed by atoms with van der Waals surface area (Å²) in [6.07, 6.45) is 46.4. The zero-order valence-electron chi connectivity index (χ0n) is 34.6. The zero-order valence-corrected chi connectivity index (χ0v) is 34.6. The van der Waals surface area contributed by atoms with Crippen LogP contribution in [0.1, 0.15) is 232 Å². The van der Waals surface area contributed by atoms with Crippen LogP contribution < -0.4 is 5.32 Å². The highest BCUT2D eigenvalue weighted by Gasteiger charge is 2.28. The molecule has 308 valence electrons. The average Bonchev–Trinajstić information content (AvgIpc) is 3.15. The molecule has 0 radical (unpaired) electrons. The zero-order chi connectivity index (χ0) is 38.2. The first kappa shape index (κ1) is 50.8. The lowest BCUT2D eigenvalue weighted by Gasteiger charge is -2.27.